The zero-order chi connectivity index (χ0) is 14.0. The number of nitrogens with two attached hydrogens (primary N) is 1. The van der Waals surface area contributed by atoms with E-state index in [0.717, 1.165) is 9.88 Å². The van der Waals surface area contributed by atoms with Gasteiger partial charge in [0.05, 0.1) is 10.9 Å². The van der Waals surface area contributed by atoms with Crippen molar-refractivity contribution >= 4 is 21.4 Å². The fourth-order valence-corrected chi connectivity index (χ4v) is 3.69. The van der Waals surface area contributed by atoms with Gasteiger partial charge in [-0.3, -0.25) is 0 Å². The van der Waals surface area contributed by atoms with Crippen LogP contribution >= 0.6 is 11.3 Å². The molecule has 4 N–H and O–H groups in total. The molecular formula is C11H16N4O2S2. The van der Waals surface area contributed by atoms with Crippen molar-refractivity contribution in [2.75, 3.05) is 0 Å². The third kappa shape index (κ3) is 3.21. The average Bonchev–Trinajstić information content (AvgIpc) is 2.96. The number of sulfonamides is 1. The van der Waals surface area contributed by atoms with E-state index in [1.807, 2.05) is 6.92 Å². The van der Waals surface area contributed by atoms with Crippen LogP contribution in [-0.4, -0.2) is 18.4 Å². The zero-order valence-electron chi connectivity index (χ0n) is 10.7. The van der Waals surface area contributed by atoms with E-state index in [0.29, 0.717) is 5.69 Å². The molecule has 0 saturated carbocycles. The summed E-state index contributed by atoms with van der Waals surface area (Å²) >= 11 is 1.48. The molecule has 19 heavy (non-hydrogen) atoms. The van der Waals surface area contributed by atoms with Crippen molar-refractivity contribution in [2.24, 2.45) is 5.73 Å². The summed E-state index contributed by atoms with van der Waals surface area (Å²) in [6.07, 6.45) is 3.16. The Kier molecular flexibility index (Phi) is 4.04. The molecule has 1 unspecified atom stereocenters. The van der Waals surface area contributed by atoms with Gasteiger partial charge in [0, 0.05) is 29.5 Å². The number of hydrogen-bond acceptors (Lipinski definition) is 5. The van der Waals surface area contributed by atoms with E-state index in [-0.39, 0.29) is 17.5 Å². The molecule has 0 fully saturated rings. The molecule has 0 aliphatic heterocycles. The summed E-state index contributed by atoms with van der Waals surface area (Å²) in [5, 5.41) is 0.746. The van der Waals surface area contributed by atoms with Crippen LogP contribution < -0.4 is 10.5 Å². The number of nitrogens with one attached hydrogen (secondary N) is 2. The predicted octanol–water partition coefficient (Wildman–Crippen LogP) is 1.28. The molecular weight excluding hydrogens is 284 g/mol. The first-order chi connectivity index (χ1) is 8.92. The largest absolute Gasteiger partial charge is 0.363 e. The Labute approximate surface area is 116 Å². The maximum atomic E-state index is 12.2. The van der Waals surface area contributed by atoms with Crippen LogP contribution in [0, 0.1) is 6.92 Å². The molecule has 0 aliphatic carbocycles. The summed E-state index contributed by atoms with van der Waals surface area (Å²) in [5.41, 5.74) is 6.13. The summed E-state index contributed by atoms with van der Waals surface area (Å²) in [7, 11) is -3.56. The van der Waals surface area contributed by atoms with Crippen LogP contribution in [0.1, 0.15) is 28.5 Å². The maximum absolute atomic E-state index is 12.2. The second kappa shape index (κ2) is 5.41. The number of hydrogen-bond donors (Lipinski definition) is 3. The highest BCUT2D eigenvalue weighted by molar-refractivity contribution is 7.89. The molecule has 2 heterocycles. The first kappa shape index (κ1) is 14.2. The highest BCUT2D eigenvalue weighted by atomic mass is 32.2. The Morgan fingerprint density at radius 3 is 2.84 bits per heavy atom. The topological polar surface area (TPSA) is 101 Å². The molecule has 8 heteroatoms. The number of aryl methyl sites for hydroxylation is 1. The number of rotatable bonds is 5. The van der Waals surface area contributed by atoms with Crippen LogP contribution in [0.15, 0.2) is 23.4 Å². The van der Waals surface area contributed by atoms with E-state index in [2.05, 4.69) is 14.7 Å². The van der Waals surface area contributed by atoms with E-state index in [1.165, 1.54) is 23.6 Å². The van der Waals surface area contributed by atoms with Gasteiger partial charge in [-0.2, -0.15) is 0 Å². The molecule has 2 aromatic heterocycles. The Hall–Kier alpha value is -1.22. The third-order valence-electron chi connectivity index (χ3n) is 2.59. The van der Waals surface area contributed by atoms with E-state index >= 15 is 0 Å². The number of nitrogens with zero attached hydrogens (tertiary/aromatic N) is 1. The maximum Gasteiger partial charge on any atom is 0.242 e. The van der Waals surface area contributed by atoms with Crippen LogP contribution in [0.3, 0.4) is 0 Å². The second-order valence-corrected chi connectivity index (χ2v) is 7.20. The predicted molar refractivity (Wildman–Crippen MR) is 74.3 cm³/mol. The number of aromatic nitrogens is 2. The molecule has 2 aromatic rings. The standard InChI is InChI=1S/C11H16N4O2S2/c1-7-5-14-11(18-7)8(2)15-19(16,17)10-3-9(4-12)13-6-10/h3,5-6,8,13,15H,4,12H2,1-2H3. The molecule has 0 bridgehead atoms. The van der Waals surface area contributed by atoms with Gasteiger partial charge >= 0.3 is 0 Å². The molecule has 0 aliphatic rings. The SMILES string of the molecule is Cc1cnc(C(C)NS(=O)(=O)c2c[nH]c(CN)c2)s1. The lowest BCUT2D eigenvalue weighted by atomic mass is 10.4. The van der Waals surface area contributed by atoms with E-state index < -0.39 is 10.0 Å². The molecule has 104 valence electrons. The molecule has 0 radical (unpaired) electrons. The third-order valence-corrected chi connectivity index (χ3v) is 5.20. The Bertz CT molecular complexity index is 660. The zero-order valence-corrected chi connectivity index (χ0v) is 12.3. The highest BCUT2D eigenvalue weighted by Gasteiger charge is 2.21. The summed E-state index contributed by atoms with van der Waals surface area (Å²) in [5.74, 6) is 0. The summed E-state index contributed by atoms with van der Waals surface area (Å²) in [4.78, 5) is 8.24. The Morgan fingerprint density at radius 1 is 1.58 bits per heavy atom. The lowest BCUT2D eigenvalue weighted by Gasteiger charge is -2.10. The van der Waals surface area contributed by atoms with Gasteiger partial charge in [0.2, 0.25) is 10.0 Å². The second-order valence-electron chi connectivity index (χ2n) is 4.22. The minimum absolute atomic E-state index is 0.188. The van der Waals surface area contributed by atoms with Gasteiger partial charge in [0.1, 0.15) is 5.01 Å². The Morgan fingerprint density at radius 2 is 2.32 bits per heavy atom. The fraction of sp³-hybridized carbons (Fsp3) is 0.364. The number of aromatic amines is 1. The van der Waals surface area contributed by atoms with Crippen molar-refractivity contribution in [3.8, 4) is 0 Å². The van der Waals surface area contributed by atoms with Crippen molar-refractivity contribution in [1.29, 1.82) is 0 Å². The first-order valence-corrected chi connectivity index (χ1v) is 8.04. The van der Waals surface area contributed by atoms with E-state index in [9.17, 15) is 8.42 Å². The van der Waals surface area contributed by atoms with Crippen molar-refractivity contribution < 1.29 is 8.42 Å². The quantitative estimate of drug-likeness (QED) is 0.774. The molecule has 0 saturated heterocycles. The fourth-order valence-electron chi connectivity index (χ4n) is 1.62. The molecule has 0 spiro atoms. The van der Waals surface area contributed by atoms with Crippen molar-refractivity contribution in [2.45, 2.75) is 31.3 Å². The van der Waals surface area contributed by atoms with Crippen LogP contribution in [-0.2, 0) is 16.6 Å². The summed E-state index contributed by atoms with van der Waals surface area (Å²) in [6.45, 7) is 3.98. The van der Waals surface area contributed by atoms with E-state index in [1.54, 1.807) is 13.1 Å². The van der Waals surface area contributed by atoms with Gasteiger partial charge < -0.3 is 10.7 Å². The van der Waals surface area contributed by atoms with Crippen molar-refractivity contribution in [3.63, 3.8) is 0 Å². The summed E-state index contributed by atoms with van der Waals surface area (Å²) < 4.78 is 26.9. The van der Waals surface area contributed by atoms with Gasteiger partial charge in [-0.1, -0.05) is 0 Å². The average molecular weight is 300 g/mol. The van der Waals surface area contributed by atoms with Crippen molar-refractivity contribution in [1.82, 2.24) is 14.7 Å². The van der Waals surface area contributed by atoms with Gasteiger partial charge in [0.15, 0.2) is 0 Å². The minimum atomic E-state index is -3.56. The minimum Gasteiger partial charge on any atom is -0.363 e. The van der Waals surface area contributed by atoms with E-state index in [4.69, 9.17) is 5.73 Å². The smallest absolute Gasteiger partial charge is 0.242 e. The molecule has 0 amide bonds. The molecule has 1 atom stereocenters. The van der Waals surface area contributed by atoms with Crippen molar-refractivity contribution in [3.05, 3.63) is 34.0 Å². The summed E-state index contributed by atoms with van der Waals surface area (Å²) in [6, 6.07) is 1.17. The normalized spacial score (nSPS) is 13.6. The Balaban J connectivity index is 2.17. The van der Waals surface area contributed by atoms with Crippen LogP contribution in [0.25, 0.3) is 0 Å². The molecule has 0 aromatic carbocycles. The number of thiazole rings is 1. The van der Waals surface area contributed by atoms with Crippen LogP contribution in [0.2, 0.25) is 0 Å². The highest BCUT2D eigenvalue weighted by Crippen LogP contribution is 2.21. The van der Waals surface area contributed by atoms with Gasteiger partial charge in [-0.25, -0.2) is 18.1 Å². The molecule has 2 rings (SSSR count). The van der Waals surface area contributed by atoms with Gasteiger partial charge in [-0.15, -0.1) is 11.3 Å². The lowest BCUT2D eigenvalue weighted by molar-refractivity contribution is 0.566. The lowest BCUT2D eigenvalue weighted by Crippen LogP contribution is -2.26. The molecule has 6 nitrogen and oxygen atoms in total. The first-order valence-electron chi connectivity index (χ1n) is 5.74. The van der Waals surface area contributed by atoms with Crippen LogP contribution in [0.5, 0.6) is 0 Å². The van der Waals surface area contributed by atoms with Gasteiger partial charge in [-0.05, 0) is 19.9 Å². The van der Waals surface area contributed by atoms with Crippen LogP contribution in [0.4, 0.5) is 0 Å². The number of H-pyrrole nitrogens is 1. The van der Waals surface area contributed by atoms with Gasteiger partial charge in [0.25, 0.3) is 0 Å². The monoisotopic (exact) mass is 300 g/mol.